The number of anilines is 1. The molecule has 3 aromatic heterocycles. The van der Waals surface area contributed by atoms with Crippen molar-refractivity contribution >= 4 is 45.0 Å². The number of aromatic nitrogens is 3. The molecule has 6 nitrogen and oxygen atoms in total. The molecular weight excluding hydrogens is 344 g/mol. The Morgan fingerprint density at radius 1 is 1.42 bits per heavy atom. The highest BCUT2D eigenvalue weighted by atomic mass is 32.2. The lowest BCUT2D eigenvalue weighted by atomic mass is 10.2. The molecule has 4 rings (SSSR count). The van der Waals surface area contributed by atoms with Gasteiger partial charge in [-0.2, -0.15) is 0 Å². The van der Waals surface area contributed by atoms with Crippen molar-refractivity contribution in [2.75, 3.05) is 5.32 Å². The number of carbonyl (C=O) groups is 1. The molecule has 0 aliphatic heterocycles. The van der Waals surface area contributed by atoms with E-state index in [1.54, 1.807) is 30.7 Å². The number of nitrogens with zero attached hydrogens (tertiary/aromatic N) is 3. The second kappa shape index (κ2) is 6.18. The maximum absolute atomic E-state index is 12.4. The second-order valence-corrected chi connectivity index (χ2v) is 8.20. The van der Waals surface area contributed by atoms with Gasteiger partial charge in [0, 0.05) is 16.3 Å². The minimum atomic E-state index is -0.294. The molecule has 24 heavy (non-hydrogen) atoms. The number of rotatable bonds is 4. The Morgan fingerprint density at radius 3 is 3.08 bits per heavy atom. The van der Waals surface area contributed by atoms with E-state index in [1.807, 2.05) is 6.92 Å². The number of fused-ring (bicyclic) bond motifs is 3. The Labute approximate surface area is 147 Å². The van der Waals surface area contributed by atoms with Gasteiger partial charge in [0.05, 0.1) is 5.25 Å². The molecule has 124 valence electrons. The Balaban J connectivity index is 1.56. The summed E-state index contributed by atoms with van der Waals surface area (Å²) in [5.41, 5.74) is 1.37. The van der Waals surface area contributed by atoms with Crippen molar-refractivity contribution in [2.45, 2.75) is 43.4 Å². The van der Waals surface area contributed by atoms with E-state index >= 15 is 0 Å². The van der Waals surface area contributed by atoms with Gasteiger partial charge in [0.15, 0.2) is 5.82 Å². The van der Waals surface area contributed by atoms with Crippen LogP contribution < -0.4 is 5.32 Å². The zero-order chi connectivity index (χ0) is 16.7. The highest BCUT2D eigenvalue weighted by Gasteiger charge is 2.24. The summed E-state index contributed by atoms with van der Waals surface area (Å²) < 4.78 is 4.97. The normalized spacial score (nSPS) is 14.8. The number of thioether (sulfide) groups is 1. The van der Waals surface area contributed by atoms with Gasteiger partial charge in [-0.1, -0.05) is 16.9 Å². The number of amides is 1. The molecule has 8 heteroatoms. The topological polar surface area (TPSA) is 80.9 Å². The Kier molecular flexibility index (Phi) is 4.01. The summed E-state index contributed by atoms with van der Waals surface area (Å²) in [6.45, 7) is 3.66. The van der Waals surface area contributed by atoms with Crippen molar-refractivity contribution in [3.8, 4) is 0 Å². The lowest BCUT2D eigenvalue weighted by Crippen LogP contribution is -2.22. The standard InChI is InChI=1S/C16H16N4O2S2/c1-8-6-12(20-22-8)19-14(21)9(2)23-15-13-10-4-3-5-11(10)24-16(13)18-7-17-15/h6-7,9H,3-5H2,1-2H3,(H,19,20,21)/t9-/m0/s1. The summed E-state index contributed by atoms with van der Waals surface area (Å²) >= 11 is 3.22. The molecule has 0 bridgehead atoms. The van der Waals surface area contributed by atoms with Crippen LogP contribution in [0.5, 0.6) is 0 Å². The predicted octanol–water partition coefficient (Wildman–Crippen LogP) is 3.60. The monoisotopic (exact) mass is 360 g/mol. The first kappa shape index (κ1) is 15.6. The smallest absolute Gasteiger partial charge is 0.238 e. The van der Waals surface area contributed by atoms with Gasteiger partial charge in [-0.15, -0.1) is 11.3 Å². The van der Waals surface area contributed by atoms with Crippen molar-refractivity contribution in [2.24, 2.45) is 0 Å². The van der Waals surface area contributed by atoms with Crippen molar-refractivity contribution in [1.82, 2.24) is 15.1 Å². The SMILES string of the molecule is Cc1cc(NC(=O)[C@H](C)Sc2ncnc3sc4c(c23)CCC4)no1. The fourth-order valence-corrected chi connectivity index (χ4v) is 5.10. The van der Waals surface area contributed by atoms with E-state index in [9.17, 15) is 4.79 Å². The largest absolute Gasteiger partial charge is 0.360 e. The fourth-order valence-electron chi connectivity index (χ4n) is 2.86. The van der Waals surface area contributed by atoms with Crippen molar-refractivity contribution in [3.05, 3.63) is 28.6 Å². The lowest BCUT2D eigenvalue weighted by Gasteiger charge is -2.10. The van der Waals surface area contributed by atoms with Gasteiger partial charge in [-0.05, 0) is 38.7 Å². The number of thiophene rings is 1. The summed E-state index contributed by atoms with van der Waals surface area (Å²) in [6.07, 6.45) is 4.98. The molecule has 1 aliphatic carbocycles. The number of carbonyl (C=O) groups excluding carboxylic acids is 1. The summed E-state index contributed by atoms with van der Waals surface area (Å²) in [5, 5.41) is 8.29. The molecule has 1 atom stereocenters. The van der Waals surface area contributed by atoms with E-state index in [0.29, 0.717) is 11.6 Å². The van der Waals surface area contributed by atoms with E-state index in [4.69, 9.17) is 4.52 Å². The maximum Gasteiger partial charge on any atom is 0.238 e. The van der Waals surface area contributed by atoms with Crippen LogP contribution in [0.1, 0.15) is 29.5 Å². The molecule has 0 radical (unpaired) electrons. The number of hydrogen-bond acceptors (Lipinski definition) is 7. The molecule has 0 aromatic carbocycles. The number of nitrogens with one attached hydrogen (secondary N) is 1. The molecule has 1 amide bonds. The van der Waals surface area contributed by atoms with Gasteiger partial charge in [-0.25, -0.2) is 9.97 Å². The minimum Gasteiger partial charge on any atom is -0.360 e. The molecule has 1 N–H and O–H groups in total. The van der Waals surface area contributed by atoms with Crippen molar-refractivity contribution < 1.29 is 9.32 Å². The average Bonchev–Trinajstić information content (AvgIpc) is 3.23. The first-order valence-electron chi connectivity index (χ1n) is 7.78. The van der Waals surface area contributed by atoms with Crippen LogP contribution in [0.15, 0.2) is 21.9 Å². The van der Waals surface area contributed by atoms with Crippen LogP contribution in [0.25, 0.3) is 10.2 Å². The van der Waals surface area contributed by atoms with Crippen LogP contribution in [-0.2, 0) is 17.6 Å². The van der Waals surface area contributed by atoms with E-state index in [-0.39, 0.29) is 11.2 Å². The van der Waals surface area contributed by atoms with Crippen LogP contribution in [0.3, 0.4) is 0 Å². The third kappa shape index (κ3) is 2.80. The van der Waals surface area contributed by atoms with Crippen molar-refractivity contribution in [1.29, 1.82) is 0 Å². The number of hydrogen-bond donors (Lipinski definition) is 1. The van der Waals surface area contributed by atoms with Crippen LogP contribution >= 0.6 is 23.1 Å². The Hall–Kier alpha value is -1.93. The van der Waals surface area contributed by atoms with Crippen LogP contribution in [0, 0.1) is 6.92 Å². The molecular formula is C16H16N4O2S2. The first-order valence-corrected chi connectivity index (χ1v) is 9.47. The van der Waals surface area contributed by atoms with E-state index in [0.717, 1.165) is 28.1 Å². The highest BCUT2D eigenvalue weighted by molar-refractivity contribution is 8.00. The third-order valence-electron chi connectivity index (χ3n) is 4.00. The summed E-state index contributed by atoms with van der Waals surface area (Å²) in [4.78, 5) is 23.7. The van der Waals surface area contributed by atoms with E-state index < -0.39 is 0 Å². The lowest BCUT2D eigenvalue weighted by molar-refractivity contribution is -0.115. The molecule has 0 fully saturated rings. The summed E-state index contributed by atoms with van der Waals surface area (Å²) in [6, 6.07) is 1.70. The van der Waals surface area contributed by atoms with Gasteiger partial charge >= 0.3 is 0 Å². The molecule has 0 saturated carbocycles. The van der Waals surface area contributed by atoms with Gasteiger partial charge in [0.25, 0.3) is 0 Å². The van der Waals surface area contributed by atoms with Gasteiger partial charge in [0.1, 0.15) is 21.9 Å². The second-order valence-electron chi connectivity index (χ2n) is 5.79. The van der Waals surface area contributed by atoms with Crippen molar-refractivity contribution in [3.63, 3.8) is 0 Å². The van der Waals surface area contributed by atoms with Crippen LogP contribution in [0.2, 0.25) is 0 Å². The molecule has 1 aliphatic rings. The minimum absolute atomic E-state index is 0.119. The van der Waals surface area contributed by atoms with E-state index in [2.05, 4.69) is 20.4 Å². The Morgan fingerprint density at radius 2 is 2.29 bits per heavy atom. The highest BCUT2D eigenvalue weighted by Crippen LogP contribution is 2.40. The van der Waals surface area contributed by atoms with Gasteiger partial charge in [-0.3, -0.25) is 4.79 Å². The predicted molar refractivity (Wildman–Crippen MR) is 94.6 cm³/mol. The quantitative estimate of drug-likeness (QED) is 0.566. The molecule has 0 unspecified atom stereocenters. The van der Waals surface area contributed by atoms with Gasteiger partial charge < -0.3 is 9.84 Å². The zero-order valence-electron chi connectivity index (χ0n) is 13.3. The summed E-state index contributed by atoms with van der Waals surface area (Å²) in [5.74, 6) is 0.984. The Bertz CT molecular complexity index is 918. The molecule has 0 saturated heterocycles. The molecule has 3 aromatic rings. The van der Waals surface area contributed by atoms with Gasteiger partial charge in [0.2, 0.25) is 5.91 Å². The average molecular weight is 360 g/mol. The molecule has 0 spiro atoms. The van der Waals surface area contributed by atoms with Crippen LogP contribution in [-0.4, -0.2) is 26.3 Å². The van der Waals surface area contributed by atoms with Crippen LogP contribution in [0.4, 0.5) is 5.82 Å². The summed E-state index contributed by atoms with van der Waals surface area (Å²) in [7, 11) is 0. The van der Waals surface area contributed by atoms with E-state index in [1.165, 1.54) is 28.6 Å². The zero-order valence-corrected chi connectivity index (χ0v) is 15.0. The first-order chi connectivity index (χ1) is 11.6. The maximum atomic E-state index is 12.4. The number of aryl methyl sites for hydroxylation is 3. The molecule has 3 heterocycles. The third-order valence-corrected chi connectivity index (χ3v) is 6.30. The fraction of sp³-hybridized carbons (Fsp3) is 0.375.